The summed E-state index contributed by atoms with van der Waals surface area (Å²) in [6.45, 7) is 0. The van der Waals surface area contributed by atoms with E-state index in [1.165, 1.54) is 23.0 Å². The molecule has 5 nitrogen and oxygen atoms in total. The van der Waals surface area contributed by atoms with E-state index in [0.29, 0.717) is 10.8 Å². The first-order valence-electron chi connectivity index (χ1n) is 4.08. The summed E-state index contributed by atoms with van der Waals surface area (Å²) in [5, 5.41) is 4.39. The van der Waals surface area contributed by atoms with Gasteiger partial charge in [0, 0.05) is 16.9 Å². The van der Waals surface area contributed by atoms with E-state index in [0.717, 1.165) is 6.20 Å². The highest BCUT2D eigenvalue weighted by molar-refractivity contribution is 8.13. The number of aromatic nitrogens is 3. The van der Waals surface area contributed by atoms with Gasteiger partial charge in [0.1, 0.15) is 4.90 Å². The van der Waals surface area contributed by atoms with E-state index >= 15 is 0 Å². The molecule has 0 aliphatic rings. The van der Waals surface area contributed by atoms with Crippen molar-refractivity contribution in [2.24, 2.45) is 0 Å². The quantitative estimate of drug-likeness (QED) is 0.786. The smallest absolute Gasteiger partial charge is 0.236 e. The standard InChI is InChI=1S/C8H5Cl2N3O2S/c9-6-3-12-13(5-6)8-2-1-7(4-11-8)16(10,14)15/h1-5H. The zero-order valence-electron chi connectivity index (χ0n) is 7.71. The van der Waals surface area contributed by atoms with Crippen LogP contribution in [0.25, 0.3) is 5.82 Å². The number of rotatable bonds is 2. The van der Waals surface area contributed by atoms with Crippen LogP contribution in [-0.2, 0) is 9.05 Å². The third-order valence-electron chi connectivity index (χ3n) is 1.79. The Balaban J connectivity index is 2.40. The van der Waals surface area contributed by atoms with Crippen molar-refractivity contribution in [3.05, 3.63) is 35.7 Å². The van der Waals surface area contributed by atoms with E-state index in [9.17, 15) is 8.42 Å². The van der Waals surface area contributed by atoms with Crippen LogP contribution in [0.2, 0.25) is 5.02 Å². The molecule has 2 rings (SSSR count). The Morgan fingerprint density at radius 3 is 2.44 bits per heavy atom. The molecule has 0 unspecified atom stereocenters. The predicted molar refractivity (Wildman–Crippen MR) is 59.4 cm³/mol. The zero-order valence-corrected chi connectivity index (χ0v) is 10.0. The van der Waals surface area contributed by atoms with Crippen molar-refractivity contribution in [1.82, 2.24) is 14.8 Å². The van der Waals surface area contributed by atoms with Crippen molar-refractivity contribution in [2.45, 2.75) is 4.90 Å². The Morgan fingerprint density at radius 1 is 1.25 bits per heavy atom. The highest BCUT2D eigenvalue weighted by atomic mass is 35.7. The van der Waals surface area contributed by atoms with Crippen molar-refractivity contribution in [3.63, 3.8) is 0 Å². The van der Waals surface area contributed by atoms with E-state index in [1.807, 2.05) is 0 Å². The summed E-state index contributed by atoms with van der Waals surface area (Å²) in [5.74, 6) is 0.455. The summed E-state index contributed by atoms with van der Waals surface area (Å²) in [5.41, 5.74) is 0. The second-order valence-electron chi connectivity index (χ2n) is 2.89. The minimum absolute atomic E-state index is 0.0591. The molecular weight excluding hydrogens is 273 g/mol. The lowest BCUT2D eigenvalue weighted by molar-refractivity contribution is 0.609. The summed E-state index contributed by atoms with van der Waals surface area (Å²) < 4.78 is 23.4. The zero-order chi connectivity index (χ0) is 11.8. The molecule has 0 fully saturated rings. The molecule has 2 aromatic rings. The average Bonchev–Trinajstić information content (AvgIpc) is 2.64. The number of pyridine rings is 1. The van der Waals surface area contributed by atoms with Gasteiger partial charge in [-0.3, -0.25) is 0 Å². The maximum atomic E-state index is 11.0. The molecule has 8 heteroatoms. The molecule has 16 heavy (non-hydrogen) atoms. The number of hydrogen-bond acceptors (Lipinski definition) is 4. The Hall–Kier alpha value is -1.11. The van der Waals surface area contributed by atoms with Gasteiger partial charge in [0.25, 0.3) is 9.05 Å². The average molecular weight is 278 g/mol. The van der Waals surface area contributed by atoms with E-state index in [1.54, 1.807) is 6.20 Å². The van der Waals surface area contributed by atoms with E-state index in [4.69, 9.17) is 22.3 Å². The Labute approximate surface area is 101 Å². The summed E-state index contributed by atoms with van der Waals surface area (Å²) in [6.07, 6.45) is 4.17. The highest BCUT2D eigenvalue weighted by Crippen LogP contribution is 2.15. The normalized spacial score (nSPS) is 11.6. The summed E-state index contributed by atoms with van der Waals surface area (Å²) >= 11 is 5.69. The highest BCUT2D eigenvalue weighted by Gasteiger charge is 2.10. The number of halogens is 2. The Kier molecular flexibility index (Phi) is 2.88. The van der Waals surface area contributed by atoms with Gasteiger partial charge in [0.05, 0.1) is 17.4 Å². The fourth-order valence-electron chi connectivity index (χ4n) is 1.08. The van der Waals surface area contributed by atoms with Gasteiger partial charge in [0.2, 0.25) is 0 Å². The molecule has 0 saturated heterocycles. The molecule has 0 amide bonds. The fourth-order valence-corrected chi connectivity index (χ4v) is 1.90. The maximum Gasteiger partial charge on any atom is 0.262 e. The van der Waals surface area contributed by atoms with E-state index < -0.39 is 9.05 Å². The molecule has 0 spiro atoms. The van der Waals surface area contributed by atoms with E-state index in [-0.39, 0.29) is 4.90 Å². The fraction of sp³-hybridized carbons (Fsp3) is 0. The third-order valence-corrected chi connectivity index (χ3v) is 3.32. The molecule has 0 atom stereocenters. The van der Waals surface area contributed by atoms with Gasteiger partial charge in [-0.1, -0.05) is 11.6 Å². The monoisotopic (exact) mass is 277 g/mol. The molecule has 2 heterocycles. The van der Waals surface area contributed by atoms with Crippen LogP contribution in [0, 0.1) is 0 Å². The van der Waals surface area contributed by atoms with Crippen LogP contribution >= 0.6 is 22.3 Å². The Bertz CT molecular complexity index is 606. The molecular formula is C8H5Cl2N3O2S. The lowest BCUT2D eigenvalue weighted by Crippen LogP contribution is -1.99. The number of hydrogen-bond donors (Lipinski definition) is 0. The van der Waals surface area contributed by atoms with Crippen LogP contribution in [0.1, 0.15) is 0 Å². The topological polar surface area (TPSA) is 64.8 Å². The minimum atomic E-state index is -3.74. The third kappa shape index (κ3) is 2.34. The SMILES string of the molecule is O=S(=O)(Cl)c1ccc(-n2cc(Cl)cn2)nc1. The lowest BCUT2D eigenvalue weighted by Gasteiger charge is -2.00. The molecule has 0 aliphatic carbocycles. The maximum absolute atomic E-state index is 11.0. The van der Waals surface area contributed by atoms with Crippen molar-refractivity contribution in [1.29, 1.82) is 0 Å². The van der Waals surface area contributed by atoms with Crippen LogP contribution in [0.15, 0.2) is 35.6 Å². The largest absolute Gasteiger partial charge is 0.262 e. The van der Waals surface area contributed by atoms with Crippen LogP contribution in [0.5, 0.6) is 0 Å². The molecule has 0 aliphatic heterocycles. The van der Waals surface area contributed by atoms with Crippen LogP contribution in [0.4, 0.5) is 0 Å². The van der Waals surface area contributed by atoms with Gasteiger partial charge in [-0.2, -0.15) is 5.10 Å². The van der Waals surface area contributed by atoms with Crippen LogP contribution in [-0.4, -0.2) is 23.2 Å². The molecule has 0 aromatic carbocycles. The van der Waals surface area contributed by atoms with Crippen LogP contribution in [0.3, 0.4) is 0 Å². The van der Waals surface area contributed by atoms with Crippen molar-refractivity contribution >= 4 is 31.3 Å². The van der Waals surface area contributed by atoms with Crippen molar-refractivity contribution in [2.75, 3.05) is 0 Å². The van der Waals surface area contributed by atoms with E-state index in [2.05, 4.69) is 10.1 Å². The second-order valence-corrected chi connectivity index (χ2v) is 5.90. The molecule has 84 valence electrons. The first-order valence-corrected chi connectivity index (χ1v) is 6.77. The molecule has 0 saturated carbocycles. The van der Waals surface area contributed by atoms with Crippen molar-refractivity contribution in [3.8, 4) is 5.82 Å². The van der Waals surface area contributed by atoms with Gasteiger partial charge < -0.3 is 0 Å². The summed E-state index contributed by atoms with van der Waals surface area (Å²) in [4.78, 5) is 3.85. The minimum Gasteiger partial charge on any atom is -0.236 e. The van der Waals surface area contributed by atoms with Crippen molar-refractivity contribution < 1.29 is 8.42 Å². The first-order chi connectivity index (χ1) is 7.47. The molecule has 2 aromatic heterocycles. The number of nitrogens with zero attached hydrogens (tertiary/aromatic N) is 3. The van der Waals surface area contributed by atoms with Gasteiger partial charge in [-0.15, -0.1) is 0 Å². The first kappa shape index (κ1) is 11.4. The van der Waals surface area contributed by atoms with Gasteiger partial charge in [0.15, 0.2) is 5.82 Å². The van der Waals surface area contributed by atoms with Gasteiger partial charge in [-0.05, 0) is 12.1 Å². The molecule has 0 N–H and O–H groups in total. The summed E-state index contributed by atoms with van der Waals surface area (Å²) in [6, 6.07) is 2.83. The lowest BCUT2D eigenvalue weighted by atomic mass is 10.5. The predicted octanol–water partition coefficient (Wildman–Crippen LogP) is 1.85. The molecule has 0 bridgehead atoms. The Morgan fingerprint density at radius 2 is 2.00 bits per heavy atom. The molecule has 0 radical (unpaired) electrons. The van der Waals surface area contributed by atoms with Gasteiger partial charge >= 0.3 is 0 Å². The summed E-state index contributed by atoms with van der Waals surface area (Å²) in [7, 11) is 1.41. The second kappa shape index (κ2) is 4.04. The van der Waals surface area contributed by atoms with Crippen LogP contribution < -0.4 is 0 Å². The van der Waals surface area contributed by atoms with Gasteiger partial charge in [-0.25, -0.2) is 18.1 Å².